The molecule has 2 amide bonds. The molecular weight excluding hydrogens is 238 g/mol. The summed E-state index contributed by atoms with van der Waals surface area (Å²) in [5.74, 6) is -0.00521. The summed E-state index contributed by atoms with van der Waals surface area (Å²) in [5, 5.41) is 9.05. The molecule has 0 unspecified atom stereocenters. The lowest BCUT2D eigenvalue weighted by molar-refractivity contribution is -0.122. The molecule has 8 nitrogen and oxygen atoms in total. The van der Waals surface area contributed by atoms with Crippen LogP contribution < -0.4 is 11.1 Å². The van der Waals surface area contributed by atoms with Crippen molar-refractivity contribution >= 4 is 11.8 Å². The van der Waals surface area contributed by atoms with Crippen LogP contribution in [0.25, 0.3) is 0 Å². The molecule has 0 fully saturated rings. The Hall–Kier alpha value is -1.96. The number of rotatable bonds is 7. The molecule has 1 aromatic rings. The third kappa shape index (κ3) is 4.50. The minimum absolute atomic E-state index is 0.0913. The number of carbonyl (C=O) groups is 2. The fourth-order valence-electron chi connectivity index (χ4n) is 1.12. The lowest BCUT2D eigenvalue weighted by atomic mass is 10.2. The SMILES string of the molecule is CC(C)c1nc(C(=O)NCCOCC(N)=O)n[nH]1. The van der Waals surface area contributed by atoms with Crippen molar-refractivity contribution in [3.05, 3.63) is 11.6 Å². The second-order valence-electron chi connectivity index (χ2n) is 3.97. The lowest BCUT2D eigenvalue weighted by Gasteiger charge is -2.02. The number of aromatic nitrogens is 3. The monoisotopic (exact) mass is 255 g/mol. The maximum atomic E-state index is 11.6. The topological polar surface area (TPSA) is 123 Å². The Morgan fingerprint density at radius 2 is 2.22 bits per heavy atom. The number of carbonyl (C=O) groups excluding carboxylic acids is 2. The van der Waals surface area contributed by atoms with Crippen molar-refractivity contribution < 1.29 is 14.3 Å². The molecule has 0 aromatic carbocycles. The smallest absolute Gasteiger partial charge is 0.291 e. The second kappa shape index (κ2) is 6.70. The summed E-state index contributed by atoms with van der Waals surface area (Å²) >= 11 is 0. The summed E-state index contributed by atoms with van der Waals surface area (Å²) in [5.41, 5.74) is 4.88. The first-order valence-corrected chi connectivity index (χ1v) is 5.57. The number of nitrogens with two attached hydrogens (primary N) is 1. The maximum absolute atomic E-state index is 11.6. The average molecular weight is 255 g/mol. The van der Waals surface area contributed by atoms with Crippen molar-refractivity contribution in [2.45, 2.75) is 19.8 Å². The maximum Gasteiger partial charge on any atom is 0.291 e. The van der Waals surface area contributed by atoms with Gasteiger partial charge in [0.15, 0.2) is 0 Å². The van der Waals surface area contributed by atoms with Crippen LogP contribution in [-0.4, -0.2) is 46.8 Å². The van der Waals surface area contributed by atoms with Crippen LogP contribution in [0.3, 0.4) is 0 Å². The Morgan fingerprint density at radius 1 is 1.50 bits per heavy atom. The standard InChI is InChI=1S/C10H17N5O3/c1-6(2)8-13-9(15-14-8)10(17)12-3-4-18-5-7(11)16/h6H,3-5H2,1-2H3,(H2,11,16)(H,12,17)(H,13,14,15). The first-order valence-electron chi connectivity index (χ1n) is 5.57. The number of hydrogen-bond acceptors (Lipinski definition) is 5. The van der Waals surface area contributed by atoms with Gasteiger partial charge in [0.2, 0.25) is 11.7 Å². The first-order chi connectivity index (χ1) is 8.50. The highest BCUT2D eigenvalue weighted by molar-refractivity contribution is 5.90. The molecule has 0 saturated carbocycles. The summed E-state index contributed by atoms with van der Waals surface area (Å²) in [6.07, 6.45) is 0. The molecule has 0 radical (unpaired) electrons. The average Bonchev–Trinajstić information content (AvgIpc) is 2.77. The molecule has 0 aliphatic heterocycles. The van der Waals surface area contributed by atoms with E-state index in [2.05, 4.69) is 20.5 Å². The molecule has 0 saturated heterocycles. The third-order valence-electron chi connectivity index (χ3n) is 2.03. The van der Waals surface area contributed by atoms with E-state index in [0.29, 0.717) is 5.82 Å². The number of nitrogens with one attached hydrogen (secondary N) is 2. The molecule has 0 spiro atoms. The zero-order valence-corrected chi connectivity index (χ0v) is 10.4. The van der Waals surface area contributed by atoms with Crippen LogP contribution in [0, 0.1) is 0 Å². The summed E-state index contributed by atoms with van der Waals surface area (Å²) in [7, 11) is 0. The van der Waals surface area contributed by atoms with Gasteiger partial charge in [-0.2, -0.15) is 0 Å². The number of amides is 2. The molecule has 1 aromatic heterocycles. The zero-order chi connectivity index (χ0) is 13.5. The minimum atomic E-state index is -0.545. The van der Waals surface area contributed by atoms with Gasteiger partial charge in [-0.25, -0.2) is 4.98 Å². The van der Waals surface area contributed by atoms with Gasteiger partial charge >= 0.3 is 0 Å². The normalized spacial score (nSPS) is 10.6. The lowest BCUT2D eigenvalue weighted by Crippen LogP contribution is -2.29. The van der Waals surface area contributed by atoms with Crippen molar-refractivity contribution in [1.29, 1.82) is 0 Å². The third-order valence-corrected chi connectivity index (χ3v) is 2.03. The van der Waals surface area contributed by atoms with Crippen LogP contribution in [-0.2, 0) is 9.53 Å². The van der Waals surface area contributed by atoms with Gasteiger partial charge < -0.3 is 15.8 Å². The van der Waals surface area contributed by atoms with E-state index in [1.807, 2.05) is 13.8 Å². The number of ether oxygens (including phenoxy) is 1. The van der Waals surface area contributed by atoms with Gasteiger partial charge in [-0.3, -0.25) is 14.7 Å². The predicted molar refractivity (Wildman–Crippen MR) is 62.8 cm³/mol. The van der Waals surface area contributed by atoms with Crippen molar-refractivity contribution in [3.8, 4) is 0 Å². The van der Waals surface area contributed by atoms with Gasteiger partial charge in [0.25, 0.3) is 5.91 Å². The molecule has 8 heteroatoms. The Bertz CT molecular complexity index is 415. The van der Waals surface area contributed by atoms with E-state index in [9.17, 15) is 9.59 Å². The predicted octanol–water partition coefficient (Wildman–Crippen LogP) is -0.840. The molecular formula is C10H17N5O3. The number of nitrogens with zero attached hydrogens (tertiary/aromatic N) is 2. The fraction of sp³-hybridized carbons (Fsp3) is 0.600. The molecule has 0 atom stereocenters. The van der Waals surface area contributed by atoms with E-state index in [4.69, 9.17) is 10.5 Å². The summed E-state index contributed by atoms with van der Waals surface area (Å²) in [6, 6.07) is 0. The van der Waals surface area contributed by atoms with Gasteiger partial charge in [0.1, 0.15) is 12.4 Å². The number of aromatic amines is 1. The van der Waals surface area contributed by atoms with E-state index in [1.165, 1.54) is 0 Å². The van der Waals surface area contributed by atoms with Crippen LogP contribution in [0.4, 0.5) is 0 Å². The number of hydrogen-bond donors (Lipinski definition) is 3. The van der Waals surface area contributed by atoms with Crippen molar-refractivity contribution in [1.82, 2.24) is 20.5 Å². The van der Waals surface area contributed by atoms with Crippen molar-refractivity contribution in [2.24, 2.45) is 5.73 Å². The van der Waals surface area contributed by atoms with Crippen LogP contribution in [0.15, 0.2) is 0 Å². The van der Waals surface area contributed by atoms with E-state index in [0.717, 1.165) is 0 Å². The Kier molecular flexibility index (Phi) is 5.25. The van der Waals surface area contributed by atoms with Crippen molar-refractivity contribution in [3.63, 3.8) is 0 Å². The molecule has 100 valence electrons. The van der Waals surface area contributed by atoms with E-state index in [1.54, 1.807) is 0 Å². The van der Waals surface area contributed by atoms with E-state index >= 15 is 0 Å². The summed E-state index contributed by atoms with van der Waals surface area (Å²) in [6.45, 7) is 4.20. The number of H-pyrrole nitrogens is 1. The summed E-state index contributed by atoms with van der Waals surface area (Å²) < 4.78 is 4.89. The summed E-state index contributed by atoms with van der Waals surface area (Å²) in [4.78, 5) is 26.0. The Morgan fingerprint density at radius 3 is 2.78 bits per heavy atom. The van der Waals surface area contributed by atoms with E-state index in [-0.39, 0.29) is 37.4 Å². The molecule has 1 heterocycles. The Labute approximate surface area is 104 Å². The molecule has 0 bridgehead atoms. The van der Waals surface area contributed by atoms with Crippen LogP contribution >= 0.6 is 0 Å². The fourth-order valence-corrected chi connectivity index (χ4v) is 1.12. The van der Waals surface area contributed by atoms with Gasteiger partial charge in [-0.05, 0) is 0 Å². The molecule has 1 rings (SSSR count). The minimum Gasteiger partial charge on any atom is -0.370 e. The van der Waals surface area contributed by atoms with Crippen LogP contribution in [0.5, 0.6) is 0 Å². The van der Waals surface area contributed by atoms with Gasteiger partial charge in [0.05, 0.1) is 6.61 Å². The quantitative estimate of drug-likeness (QED) is 0.548. The van der Waals surface area contributed by atoms with Crippen LogP contribution in [0.1, 0.15) is 36.2 Å². The van der Waals surface area contributed by atoms with Gasteiger partial charge in [-0.15, -0.1) is 5.10 Å². The van der Waals surface area contributed by atoms with Gasteiger partial charge in [-0.1, -0.05) is 13.8 Å². The Balaban J connectivity index is 2.29. The largest absolute Gasteiger partial charge is 0.370 e. The molecule has 4 N–H and O–H groups in total. The molecule has 0 aliphatic rings. The number of primary amides is 1. The first kappa shape index (κ1) is 14.1. The highest BCUT2D eigenvalue weighted by Gasteiger charge is 2.13. The highest BCUT2D eigenvalue weighted by atomic mass is 16.5. The zero-order valence-electron chi connectivity index (χ0n) is 10.4. The molecule has 0 aliphatic carbocycles. The highest BCUT2D eigenvalue weighted by Crippen LogP contribution is 2.07. The van der Waals surface area contributed by atoms with E-state index < -0.39 is 5.91 Å². The van der Waals surface area contributed by atoms with Gasteiger partial charge in [0, 0.05) is 12.5 Å². The molecule has 18 heavy (non-hydrogen) atoms. The van der Waals surface area contributed by atoms with Crippen LogP contribution in [0.2, 0.25) is 0 Å². The van der Waals surface area contributed by atoms with Crippen molar-refractivity contribution in [2.75, 3.05) is 19.8 Å². The second-order valence-corrected chi connectivity index (χ2v) is 3.97.